The van der Waals surface area contributed by atoms with Crippen LogP contribution in [-0.4, -0.2) is 32.4 Å². The highest BCUT2D eigenvalue weighted by Gasteiger charge is 2.03. The van der Waals surface area contributed by atoms with Crippen molar-refractivity contribution in [2.75, 3.05) is 25.6 Å². The number of nitrogens with one attached hydrogen (secondary N) is 1. The molecule has 0 atom stereocenters. The number of rotatable bonds is 5. The monoisotopic (exact) mass is 253 g/mol. The van der Waals surface area contributed by atoms with Gasteiger partial charge in [0.05, 0.1) is 13.7 Å². The van der Waals surface area contributed by atoms with Crippen LogP contribution in [0.3, 0.4) is 0 Å². The summed E-state index contributed by atoms with van der Waals surface area (Å²) in [6, 6.07) is 6.54. The molecule has 0 unspecified atom stereocenters. The van der Waals surface area contributed by atoms with Gasteiger partial charge in [-0.25, -0.2) is 9.59 Å². The lowest BCUT2D eigenvalue weighted by atomic mass is 10.3. The Labute approximate surface area is 105 Å². The number of amides is 1. The molecule has 0 saturated heterocycles. The smallest absolute Gasteiger partial charge is 0.411 e. The van der Waals surface area contributed by atoms with Gasteiger partial charge in [-0.1, -0.05) is 0 Å². The third-order valence-corrected chi connectivity index (χ3v) is 1.96. The molecule has 0 bridgehead atoms. The lowest BCUT2D eigenvalue weighted by Gasteiger charge is -2.07. The molecule has 1 N–H and O–H groups in total. The molecule has 0 aliphatic carbocycles. The van der Waals surface area contributed by atoms with Crippen molar-refractivity contribution in [2.24, 2.45) is 0 Å². The Morgan fingerprint density at radius 2 is 1.89 bits per heavy atom. The van der Waals surface area contributed by atoms with Crippen LogP contribution in [0, 0.1) is 0 Å². The number of carbonyl (C=O) groups is 2. The predicted octanol–water partition coefficient (Wildman–Crippen LogP) is 1.81. The fraction of sp³-hybridized carbons (Fsp3) is 0.333. The van der Waals surface area contributed by atoms with Gasteiger partial charge in [0.1, 0.15) is 5.75 Å². The van der Waals surface area contributed by atoms with Crippen molar-refractivity contribution in [1.29, 1.82) is 0 Å². The molecule has 6 heteroatoms. The number of benzene rings is 1. The highest BCUT2D eigenvalue weighted by molar-refractivity contribution is 5.84. The van der Waals surface area contributed by atoms with Gasteiger partial charge >= 0.3 is 12.1 Å². The van der Waals surface area contributed by atoms with Gasteiger partial charge in [-0.3, -0.25) is 5.32 Å². The van der Waals surface area contributed by atoms with Crippen LogP contribution >= 0.6 is 0 Å². The zero-order valence-corrected chi connectivity index (χ0v) is 10.3. The normalized spacial score (nSPS) is 9.44. The number of ether oxygens (including phenoxy) is 3. The van der Waals surface area contributed by atoms with Crippen molar-refractivity contribution in [1.82, 2.24) is 0 Å². The zero-order chi connectivity index (χ0) is 13.4. The lowest BCUT2D eigenvalue weighted by Crippen LogP contribution is -2.14. The highest BCUT2D eigenvalue weighted by atomic mass is 16.6. The first-order valence-corrected chi connectivity index (χ1v) is 5.39. The molecule has 0 radical (unpaired) electrons. The van der Waals surface area contributed by atoms with E-state index >= 15 is 0 Å². The van der Waals surface area contributed by atoms with Gasteiger partial charge in [0.25, 0.3) is 0 Å². The SMILES string of the molecule is CCOC(=O)Nc1ccc(OCC(=O)OC)cc1. The molecule has 18 heavy (non-hydrogen) atoms. The number of esters is 1. The van der Waals surface area contributed by atoms with Crippen LogP contribution < -0.4 is 10.1 Å². The van der Waals surface area contributed by atoms with Crippen molar-refractivity contribution in [3.05, 3.63) is 24.3 Å². The summed E-state index contributed by atoms with van der Waals surface area (Å²) in [5.41, 5.74) is 0.582. The van der Waals surface area contributed by atoms with Crippen molar-refractivity contribution >= 4 is 17.7 Å². The topological polar surface area (TPSA) is 73.9 Å². The summed E-state index contributed by atoms with van der Waals surface area (Å²) in [4.78, 5) is 22.0. The molecule has 0 aliphatic heterocycles. The lowest BCUT2D eigenvalue weighted by molar-refractivity contribution is -0.142. The highest BCUT2D eigenvalue weighted by Crippen LogP contribution is 2.15. The molecular weight excluding hydrogens is 238 g/mol. The standard InChI is InChI=1S/C12H15NO5/c1-3-17-12(15)13-9-4-6-10(7-5-9)18-8-11(14)16-2/h4-7H,3,8H2,1-2H3,(H,13,15). The van der Waals surface area contributed by atoms with E-state index in [1.807, 2.05) is 0 Å². The number of hydrogen-bond donors (Lipinski definition) is 1. The summed E-state index contributed by atoms with van der Waals surface area (Å²) in [5.74, 6) is 0.0542. The first kappa shape index (κ1) is 13.8. The van der Waals surface area contributed by atoms with Crippen LogP contribution in [-0.2, 0) is 14.3 Å². The fourth-order valence-electron chi connectivity index (χ4n) is 1.12. The summed E-state index contributed by atoms with van der Waals surface area (Å²) in [6.07, 6.45) is -0.513. The van der Waals surface area contributed by atoms with Gasteiger partial charge in [0.15, 0.2) is 6.61 Å². The maximum atomic E-state index is 11.1. The molecule has 0 spiro atoms. The first-order chi connectivity index (χ1) is 8.65. The Hall–Kier alpha value is -2.24. The largest absolute Gasteiger partial charge is 0.482 e. The van der Waals surface area contributed by atoms with Gasteiger partial charge in [-0.15, -0.1) is 0 Å². The molecule has 98 valence electrons. The third kappa shape index (κ3) is 4.73. The predicted molar refractivity (Wildman–Crippen MR) is 64.6 cm³/mol. The maximum absolute atomic E-state index is 11.1. The van der Waals surface area contributed by atoms with Crippen LogP contribution in [0.1, 0.15) is 6.92 Å². The number of carbonyl (C=O) groups excluding carboxylic acids is 2. The summed E-state index contributed by atoms with van der Waals surface area (Å²) in [6.45, 7) is 1.89. The van der Waals surface area contributed by atoms with Gasteiger partial charge in [-0.2, -0.15) is 0 Å². The minimum atomic E-state index is -0.513. The Balaban J connectivity index is 2.47. The summed E-state index contributed by atoms with van der Waals surface area (Å²) < 4.78 is 14.3. The van der Waals surface area contributed by atoms with E-state index in [1.165, 1.54) is 7.11 Å². The summed E-state index contributed by atoms with van der Waals surface area (Å²) in [7, 11) is 1.29. The van der Waals surface area contributed by atoms with Crippen molar-refractivity contribution in [2.45, 2.75) is 6.92 Å². The first-order valence-electron chi connectivity index (χ1n) is 5.39. The van der Waals surface area contributed by atoms with Gasteiger partial charge in [0, 0.05) is 5.69 Å². The second kappa shape index (κ2) is 7.16. The van der Waals surface area contributed by atoms with Crippen molar-refractivity contribution in [3.63, 3.8) is 0 Å². The van der Waals surface area contributed by atoms with Crippen molar-refractivity contribution < 1.29 is 23.8 Å². The molecule has 0 saturated carbocycles. The Kier molecular flexibility index (Phi) is 5.50. The van der Waals surface area contributed by atoms with E-state index in [0.29, 0.717) is 18.0 Å². The van der Waals surface area contributed by atoms with E-state index in [1.54, 1.807) is 31.2 Å². The van der Waals surface area contributed by atoms with Crippen LogP contribution in [0.25, 0.3) is 0 Å². The number of methoxy groups -OCH3 is 1. The van der Waals surface area contributed by atoms with E-state index in [2.05, 4.69) is 10.1 Å². The molecule has 6 nitrogen and oxygen atoms in total. The second-order valence-corrected chi connectivity index (χ2v) is 3.23. The molecule has 0 aromatic heterocycles. The zero-order valence-electron chi connectivity index (χ0n) is 10.3. The quantitative estimate of drug-likeness (QED) is 0.810. The van der Waals surface area contributed by atoms with E-state index in [9.17, 15) is 9.59 Å². The molecular formula is C12H15NO5. The molecule has 0 fully saturated rings. The van der Waals surface area contributed by atoms with Crippen LogP contribution in [0.5, 0.6) is 5.75 Å². The second-order valence-electron chi connectivity index (χ2n) is 3.23. The van der Waals surface area contributed by atoms with Gasteiger partial charge < -0.3 is 14.2 Å². The Bertz CT molecular complexity index is 401. The average Bonchev–Trinajstić information content (AvgIpc) is 2.37. The molecule has 1 aromatic carbocycles. The van der Waals surface area contributed by atoms with Gasteiger partial charge in [0.2, 0.25) is 0 Å². The number of hydrogen-bond acceptors (Lipinski definition) is 5. The molecule has 0 heterocycles. The fourth-order valence-corrected chi connectivity index (χ4v) is 1.12. The minimum absolute atomic E-state index is 0.152. The van der Waals surface area contributed by atoms with E-state index in [0.717, 1.165) is 0 Å². The van der Waals surface area contributed by atoms with Gasteiger partial charge in [-0.05, 0) is 31.2 Å². The summed E-state index contributed by atoms with van der Waals surface area (Å²) in [5, 5.41) is 2.54. The Morgan fingerprint density at radius 1 is 1.22 bits per heavy atom. The van der Waals surface area contributed by atoms with E-state index in [4.69, 9.17) is 9.47 Å². The van der Waals surface area contributed by atoms with E-state index < -0.39 is 12.1 Å². The molecule has 0 aliphatic rings. The number of anilines is 1. The summed E-state index contributed by atoms with van der Waals surface area (Å²) >= 11 is 0. The minimum Gasteiger partial charge on any atom is -0.482 e. The third-order valence-electron chi connectivity index (χ3n) is 1.96. The van der Waals surface area contributed by atoms with Crippen LogP contribution in [0.4, 0.5) is 10.5 Å². The average molecular weight is 253 g/mol. The maximum Gasteiger partial charge on any atom is 0.411 e. The molecule has 1 aromatic rings. The van der Waals surface area contributed by atoms with Crippen LogP contribution in [0.15, 0.2) is 24.3 Å². The van der Waals surface area contributed by atoms with Crippen LogP contribution in [0.2, 0.25) is 0 Å². The Morgan fingerprint density at radius 3 is 2.44 bits per heavy atom. The molecule has 1 amide bonds. The van der Waals surface area contributed by atoms with E-state index in [-0.39, 0.29) is 6.61 Å². The molecule has 1 rings (SSSR count). The van der Waals surface area contributed by atoms with Crippen molar-refractivity contribution in [3.8, 4) is 5.75 Å².